The van der Waals surface area contributed by atoms with Crippen LogP contribution in [0.1, 0.15) is 30.1 Å². The van der Waals surface area contributed by atoms with E-state index < -0.39 is 0 Å². The van der Waals surface area contributed by atoms with Gasteiger partial charge in [-0.2, -0.15) is 0 Å². The number of anilines is 2. The van der Waals surface area contributed by atoms with Crippen molar-refractivity contribution in [1.82, 2.24) is 0 Å². The van der Waals surface area contributed by atoms with Crippen molar-refractivity contribution >= 4 is 17.3 Å². The highest BCUT2D eigenvalue weighted by atomic mass is 16.5. The predicted octanol–water partition coefficient (Wildman–Crippen LogP) is 5.84. The smallest absolute Gasteiger partial charge is 0.262 e. The summed E-state index contributed by atoms with van der Waals surface area (Å²) >= 11 is 0. The predicted molar refractivity (Wildman–Crippen MR) is 106 cm³/mol. The molecule has 0 aliphatic heterocycles. The second kappa shape index (κ2) is 8.86. The second-order valence-corrected chi connectivity index (χ2v) is 6.04. The average molecular weight is 345 g/mol. The number of unbranched alkanes of at least 4 members (excludes halogenated alkanes) is 1. The number of nitrogens with zero attached hydrogens (tertiary/aromatic N) is 1. The summed E-state index contributed by atoms with van der Waals surface area (Å²) in [6, 6.07) is 26.7. The standard InChI is InChI=1S/C23H23NO2/c1-2-3-18-26-22-16-14-19(15-17-22)23(25)24(20-10-6-4-7-11-20)21-12-8-5-9-13-21/h4-17H,2-3,18H2,1H3. The Morgan fingerprint density at radius 2 is 1.35 bits per heavy atom. The Kier molecular flexibility index (Phi) is 6.05. The van der Waals surface area contributed by atoms with Gasteiger partial charge in [0, 0.05) is 16.9 Å². The van der Waals surface area contributed by atoms with Crippen molar-refractivity contribution in [2.75, 3.05) is 11.5 Å². The third kappa shape index (κ3) is 4.31. The summed E-state index contributed by atoms with van der Waals surface area (Å²) in [5.74, 6) is 0.725. The highest BCUT2D eigenvalue weighted by Gasteiger charge is 2.19. The third-order valence-electron chi connectivity index (χ3n) is 4.10. The van der Waals surface area contributed by atoms with E-state index in [4.69, 9.17) is 4.74 Å². The molecule has 0 unspecified atom stereocenters. The van der Waals surface area contributed by atoms with E-state index in [0.717, 1.165) is 30.0 Å². The van der Waals surface area contributed by atoms with Gasteiger partial charge in [0.1, 0.15) is 5.75 Å². The van der Waals surface area contributed by atoms with Crippen LogP contribution in [-0.4, -0.2) is 12.5 Å². The van der Waals surface area contributed by atoms with E-state index in [-0.39, 0.29) is 5.91 Å². The van der Waals surface area contributed by atoms with E-state index in [1.54, 1.807) is 4.90 Å². The van der Waals surface area contributed by atoms with Crippen LogP contribution in [0.15, 0.2) is 84.9 Å². The highest BCUT2D eigenvalue weighted by molar-refractivity contribution is 6.10. The zero-order valence-electron chi connectivity index (χ0n) is 15.0. The monoisotopic (exact) mass is 345 g/mol. The number of rotatable bonds is 7. The number of carbonyl (C=O) groups is 1. The van der Waals surface area contributed by atoms with E-state index in [1.165, 1.54) is 0 Å². The maximum atomic E-state index is 13.2. The quantitative estimate of drug-likeness (QED) is 0.503. The molecule has 0 radical (unpaired) electrons. The van der Waals surface area contributed by atoms with Crippen LogP contribution in [0.4, 0.5) is 11.4 Å². The van der Waals surface area contributed by atoms with Crippen molar-refractivity contribution in [3.63, 3.8) is 0 Å². The van der Waals surface area contributed by atoms with E-state index in [0.29, 0.717) is 12.2 Å². The first-order valence-electron chi connectivity index (χ1n) is 8.97. The molecular formula is C23H23NO2. The molecule has 1 amide bonds. The number of benzene rings is 3. The summed E-state index contributed by atoms with van der Waals surface area (Å²) in [4.78, 5) is 14.9. The van der Waals surface area contributed by atoms with Gasteiger partial charge in [-0.25, -0.2) is 0 Å². The zero-order valence-corrected chi connectivity index (χ0v) is 15.0. The van der Waals surface area contributed by atoms with Gasteiger partial charge in [-0.05, 0) is 55.0 Å². The minimum atomic E-state index is -0.0671. The number of carbonyl (C=O) groups excluding carboxylic acids is 1. The van der Waals surface area contributed by atoms with Gasteiger partial charge in [-0.15, -0.1) is 0 Å². The fraction of sp³-hybridized carbons (Fsp3) is 0.174. The van der Waals surface area contributed by atoms with Crippen molar-refractivity contribution in [2.45, 2.75) is 19.8 Å². The molecule has 0 bridgehead atoms. The molecule has 0 aliphatic rings. The molecule has 3 aromatic carbocycles. The molecule has 0 heterocycles. The van der Waals surface area contributed by atoms with Crippen LogP contribution >= 0.6 is 0 Å². The Bertz CT molecular complexity index is 774. The van der Waals surface area contributed by atoms with Gasteiger partial charge >= 0.3 is 0 Å². The lowest BCUT2D eigenvalue weighted by Crippen LogP contribution is -2.25. The van der Waals surface area contributed by atoms with E-state index in [1.807, 2.05) is 84.9 Å². The maximum absolute atomic E-state index is 13.2. The highest BCUT2D eigenvalue weighted by Crippen LogP contribution is 2.27. The molecule has 3 heteroatoms. The molecule has 3 rings (SSSR count). The summed E-state index contributed by atoms with van der Waals surface area (Å²) in [5.41, 5.74) is 2.31. The van der Waals surface area contributed by atoms with Crippen LogP contribution < -0.4 is 9.64 Å². The molecule has 0 aliphatic carbocycles. The Balaban J connectivity index is 1.86. The minimum absolute atomic E-state index is 0.0671. The fourth-order valence-corrected chi connectivity index (χ4v) is 2.69. The van der Waals surface area contributed by atoms with Gasteiger partial charge in [0.05, 0.1) is 6.61 Å². The molecule has 132 valence electrons. The van der Waals surface area contributed by atoms with Gasteiger partial charge in [0.2, 0.25) is 0 Å². The van der Waals surface area contributed by atoms with Crippen molar-refractivity contribution in [1.29, 1.82) is 0 Å². The molecule has 3 nitrogen and oxygen atoms in total. The van der Waals surface area contributed by atoms with Crippen LogP contribution in [-0.2, 0) is 0 Å². The van der Waals surface area contributed by atoms with Crippen LogP contribution in [0.3, 0.4) is 0 Å². The number of hydrogen-bond donors (Lipinski definition) is 0. The summed E-state index contributed by atoms with van der Waals surface area (Å²) < 4.78 is 5.69. The van der Waals surface area contributed by atoms with Gasteiger partial charge < -0.3 is 4.74 Å². The van der Waals surface area contributed by atoms with Gasteiger partial charge in [0.25, 0.3) is 5.91 Å². The maximum Gasteiger partial charge on any atom is 0.262 e. The zero-order chi connectivity index (χ0) is 18.2. The lowest BCUT2D eigenvalue weighted by atomic mass is 10.1. The lowest BCUT2D eigenvalue weighted by molar-refractivity contribution is 0.0999. The average Bonchev–Trinajstić information content (AvgIpc) is 2.70. The normalized spacial score (nSPS) is 10.3. The third-order valence-corrected chi connectivity index (χ3v) is 4.10. The van der Waals surface area contributed by atoms with Crippen molar-refractivity contribution in [3.05, 3.63) is 90.5 Å². The first-order valence-corrected chi connectivity index (χ1v) is 8.97. The van der Waals surface area contributed by atoms with E-state index >= 15 is 0 Å². The molecular weight excluding hydrogens is 322 g/mol. The van der Waals surface area contributed by atoms with Crippen LogP contribution in [0.5, 0.6) is 5.75 Å². The molecule has 26 heavy (non-hydrogen) atoms. The Labute approximate surface area is 154 Å². The Hall–Kier alpha value is -3.07. The Morgan fingerprint density at radius 3 is 1.85 bits per heavy atom. The largest absolute Gasteiger partial charge is 0.494 e. The van der Waals surface area contributed by atoms with Gasteiger partial charge in [0.15, 0.2) is 0 Å². The molecule has 3 aromatic rings. The first-order chi connectivity index (χ1) is 12.8. The summed E-state index contributed by atoms with van der Waals surface area (Å²) in [5, 5.41) is 0. The van der Waals surface area contributed by atoms with E-state index in [9.17, 15) is 4.79 Å². The topological polar surface area (TPSA) is 29.5 Å². The number of para-hydroxylation sites is 2. The number of ether oxygens (including phenoxy) is 1. The molecule has 0 spiro atoms. The van der Waals surface area contributed by atoms with E-state index in [2.05, 4.69) is 6.92 Å². The molecule has 0 saturated carbocycles. The van der Waals surface area contributed by atoms with Crippen LogP contribution in [0.25, 0.3) is 0 Å². The van der Waals surface area contributed by atoms with Crippen LogP contribution in [0.2, 0.25) is 0 Å². The van der Waals surface area contributed by atoms with Gasteiger partial charge in [-0.1, -0.05) is 49.7 Å². The fourth-order valence-electron chi connectivity index (χ4n) is 2.69. The SMILES string of the molecule is CCCCOc1ccc(C(=O)N(c2ccccc2)c2ccccc2)cc1. The van der Waals surface area contributed by atoms with Crippen molar-refractivity contribution < 1.29 is 9.53 Å². The minimum Gasteiger partial charge on any atom is -0.494 e. The Morgan fingerprint density at radius 1 is 0.808 bits per heavy atom. The molecule has 0 N–H and O–H groups in total. The number of hydrogen-bond acceptors (Lipinski definition) is 2. The molecule has 0 aromatic heterocycles. The number of amides is 1. The molecule has 0 saturated heterocycles. The summed E-state index contributed by atoms with van der Waals surface area (Å²) in [7, 11) is 0. The van der Waals surface area contributed by atoms with Crippen LogP contribution in [0, 0.1) is 0 Å². The molecule has 0 atom stereocenters. The van der Waals surface area contributed by atoms with Crippen molar-refractivity contribution in [2.24, 2.45) is 0 Å². The lowest BCUT2D eigenvalue weighted by Gasteiger charge is -2.23. The first kappa shape index (κ1) is 17.7. The van der Waals surface area contributed by atoms with Gasteiger partial charge in [-0.3, -0.25) is 9.69 Å². The summed E-state index contributed by atoms with van der Waals surface area (Å²) in [6.45, 7) is 2.83. The summed E-state index contributed by atoms with van der Waals surface area (Å²) in [6.07, 6.45) is 2.12. The second-order valence-electron chi connectivity index (χ2n) is 6.04. The van der Waals surface area contributed by atoms with Crippen molar-refractivity contribution in [3.8, 4) is 5.75 Å². The molecule has 0 fully saturated rings.